The molecule has 98 valence electrons. The minimum Gasteiger partial charge on any atom is -0.329 e. The summed E-state index contributed by atoms with van der Waals surface area (Å²) in [7, 11) is 3.49. The highest BCUT2D eigenvalue weighted by molar-refractivity contribution is 6.78. The molecular formula is C14H33NSi. The van der Waals surface area contributed by atoms with E-state index in [-0.39, 0.29) is 0 Å². The Morgan fingerprint density at radius 3 is 1.62 bits per heavy atom. The van der Waals surface area contributed by atoms with Gasteiger partial charge in [0.25, 0.3) is 0 Å². The smallest absolute Gasteiger partial charge is 0.130 e. The first kappa shape index (κ1) is 16.2. The van der Waals surface area contributed by atoms with E-state index >= 15 is 0 Å². The molecule has 16 heavy (non-hydrogen) atoms. The molecule has 1 nitrogen and oxygen atoms in total. The average molecular weight is 244 g/mol. The van der Waals surface area contributed by atoms with E-state index in [1.54, 1.807) is 0 Å². The van der Waals surface area contributed by atoms with E-state index in [9.17, 15) is 0 Å². The van der Waals surface area contributed by atoms with E-state index in [1.165, 1.54) is 44.2 Å². The number of hydrogen-bond donors (Lipinski definition) is 0. The molecule has 0 N–H and O–H groups in total. The molecule has 0 rings (SSSR count). The van der Waals surface area contributed by atoms with E-state index in [4.69, 9.17) is 0 Å². The fourth-order valence-electron chi connectivity index (χ4n) is 2.85. The maximum absolute atomic E-state index is 2.65. The highest BCUT2D eigenvalue weighted by Crippen LogP contribution is 2.36. The molecule has 1 atom stereocenters. The molecule has 0 aromatic heterocycles. The lowest BCUT2D eigenvalue weighted by Gasteiger charge is -2.43. The van der Waals surface area contributed by atoms with Gasteiger partial charge in [-0.3, -0.25) is 0 Å². The number of nitrogens with zero attached hydrogens (tertiary/aromatic N) is 1. The Bertz CT molecular complexity index is 160. The Kier molecular flexibility index (Phi) is 8.39. The van der Waals surface area contributed by atoms with Gasteiger partial charge in [0.1, 0.15) is 8.24 Å². The minimum atomic E-state index is -1.18. The lowest BCUT2D eigenvalue weighted by Crippen LogP contribution is -2.52. The van der Waals surface area contributed by atoms with Crippen molar-refractivity contribution in [1.82, 2.24) is 4.57 Å². The second-order valence-corrected chi connectivity index (χ2v) is 10.6. The molecule has 0 aliphatic carbocycles. The Hall–Kier alpha value is 0.177. The van der Waals surface area contributed by atoms with Crippen molar-refractivity contribution in [1.29, 1.82) is 0 Å². The molecule has 0 aromatic rings. The predicted molar refractivity (Wildman–Crippen MR) is 78.6 cm³/mol. The Labute approximate surface area is 105 Å². The van der Waals surface area contributed by atoms with Crippen molar-refractivity contribution in [3.8, 4) is 0 Å². The third-order valence-corrected chi connectivity index (χ3v) is 10.8. The largest absolute Gasteiger partial charge is 0.329 e. The van der Waals surface area contributed by atoms with Crippen LogP contribution >= 0.6 is 0 Å². The number of unbranched alkanes of at least 4 members (excludes halogenated alkanes) is 2. The molecule has 0 aliphatic rings. The zero-order valence-corrected chi connectivity index (χ0v) is 13.5. The Balaban J connectivity index is 4.73. The SMILES string of the molecule is CCCC[Si](CCCC)(C(C)CC)N(C)C. The van der Waals surface area contributed by atoms with E-state index in [0.717, 1.165) is 5.54 Å². The molecule has 0 aliphatic heterocycles. The van der Waals surface area contributed by atoms with Crippen LogP contribution < -0.4 is 0 Å². The summed E-state index contributed by atoms with van der Waals surface area (Å²) in [6.45, 7) is 9.52. The summed E-state index contributed by atoms with van der Waals surface area (Å²) >= 11 is 0. The molecule has 0 aromatic carbocycles. The zero-order valence-electron chi connectivity index (χ0n) is 12.5. The normalized spacial score (nSPS) is 14.4. The van der Waals surface area contributed by atoms with Crippen molar-refractivity contribution in [3.05, 3.63) is 0 Å². The highest BCUT2D eigenvalue weighted by Gasteiger charge is 2.38. The quantitative estimate of drug-likeness (QED) is 0.521. The summed E-state index contributed by atoms with van der Waals surface area (Å²) in [5.74, 6) is 0. The van der Waals surface area contributed by atoms with Gasteiger partial charge in [-0.05, 0) is 31.7 Å². The van der Waals surface area contributed by atoms with Crippen LogP contribution in [0.5, 0.6) is 0 Å². The van der Waals surface area contributed by atoms with Crippen LogP contribution in [0.25, 0.3) is 0 Å². The van der Waals surface area contributed by atoms with Crippen molar-refractivity contribution in [2.75, 3.05) is 14.1 Å². The van der Waals surface area contributed by atoms with Crippen molar-refractivity contribution in [2.45, 2.75) is 77.4 Å². The maximum atomic E-state index is 2.65. The first-order valence-corrected chi connectivity index (χ1v) is 9.66. The van der Waals surface area contributed by atoms with Crippen LogP contribution in [-0.4, -0.2) is 26.9 Å². The van der Waals surface area contributed by atoms with Gasteiger partial charge in [-0.25, -0.2) is 0 Å². The van der Waals surface area contributed by atoms with E-state index in [1.807, 2.05) is 0 Å². The average Bonchev–Trinajstić information content (AvgIpc) is 2.28. The van der Waals surface area contributed by atoms with Gasteiger partial charge >= 0.3 is 0 Å². The topological polar surface area (TPSA) is 3.24 Å². The maximum Gasteiger partial charge on any atom is 0.130 e. The molecule has 0 amide bonds. The second kappa shape index (κ2) is 8.29. The molecule has 0 spiro atoms. The lowest BCUT2D eigenvalue weighted by atomic mass is 10.4. The molecule has 1 unspecified atom stereocenters. The summed E-state index contributed by atoms with van der Waals surface area (Å²) in [5, 5.41) is 0. The minimum absolute atomic E-state index is 0.945. The van der Waals surface area contributed by atoms with Crippen LogP contribution in [0.1, 0.15) is 59.8 Å². The first-order valence-electron chi connectivity index (χ1n) is 7.22. The molecule has 2 heteroatoms. The fourth-order valence-corrected chi connectivity index (χ4v) is 8.55. The second-order valence-electron chi connectivity index (χ2n) is 5.51. The van der Waals surface area contributed by atoms with Gasteiger partial charge in [0.15, 0.2) is 0 Å². The van der Waals surface area contributed by atoms with E-state index in [0.29, 0.717) is 0 Å². The summed E-state index contributed by atoms with van der Waals surface area (Å²) in [4.78, 5) is 0. The van der Waals surface area contributed by atoms with Crippen LogP contribution in [0.4, 0.5) is 0 Å². The van der Waals surface area contributed by atoms with Crippen molar-refractivity contribution in [3.63, 3.8) is 0 Å². The van der Waals surface area contributed by atoms with Gasteiger partial charge in [0, 0.05) is 0 Å². The van der Waals surface area contributed by atoms with E-state index in [2.05, 4.69) is 46.4 Å². The molecular weight excluding hydrogens is 210 g/mol. The molecule has 0 heterocycles. The van der Waals surface area contributed by atoms with Crippen LogP contribution in [-0.2, 0) is 0 Å². The first-order chi connectivity index (χ1) is 7.55. The van der Waals surface area contributed by atoms with Crippen molar-refractivity contribution >= 4 is 8.24 Å². The summed E-state index contributed by atoms with van der Waals surface area (Å²) < 4.78 is 2.65. The van der Waals surface area contributed by atoms with E-state index < -0.39 is 8.24 Å². The Morgan fingerprint density at radius 1 is 0.938 bits per heavy atom. The molecule has 0 fully saturated rings. The van der Waals surface area contributed by atoms with Crippen molar-refractivity contribution < 1.29 is 0 Å². The zero-order chi connectivity index (χ0) is 12.6. The van der Waals surface area contributed by atoms with Crippen LogP contribution in [0.15, 0.2) is 0 Å². The highest BCUT2D eigenvalue weighted by atomic mass is 28.3. The molecule has 0 radical (unpaired) electrons. The fraction of sp³-hybridized carbons (Fsp3) is 1.00. The van der Waals surface area contributed by atoms with Gasteiger partial charge in [-0.1, -0.05) is 59.8 Å². The van der Waals surface area contributed by atoms with Crippen molar-refractivity contribution in [2.24, 2.45) is 0 Å². The lowest BCUT2D eigenvalue weighted by molar-refractivity contribution is 0.553. The van der Waals surface area contributed by atoms with Crippen LogP contribution in [0, 0.1) is 0 Å². The third kappa shape index (κ3) is 4.21. The monoisotopic (exact) mass is 243 g/mol. The van der Waals surface area contributed by atoms with Gasteiger partial charge < -0.3 is 4.57 Å². The molecule has 0 bridgehead atoms. The van der Waals surface area contributed by atoms with Crippen LogP contribution in [0.2, 0.25) is 17.6 Å². The summed E-state index contributed by atoms with van der Waals surface area (Å²) in [6, 6.07) is 3.01. The van der Waals surface area contributed by atoms with Crippen LogP contribution in [0.3, 0.4) is 0 Å². The number of rotatable bonds is 9. The molecule has 0 saturated heterocycles. The number of hydrogen-bond acceptors (Lipinski definition) is 1. The third-order valence-electron chi connectivity index (χ3n) is 4.35. The summed E-state index contributed by atoms with van der Waals surface area (Å²) in [5.41, 5.74) is 0.945. The van der Waals surface area contributed by atoms with Gasteiger partial charge in [-0.15, -0.1) is 0 Å². The Morgan fingerprint density at radius 2 is 1.38 bits per heavy atom. The predicted octanol–water partition coefficient (Wildman–Crippen LogP) is 4.89. The van der Waals surface area contributed by atoms with Gasteiger partial charge in [-0.2, -0.15) is 0 Å². The van der Waals surface area contributed by atoms with Gasteiger partial charge in [0.05, 0.1) is 0 Å². The standard InChI is InChI=1S/C14H33NSi/c1-7-10-12-16(15(5)6,13-11-8-2)14(4)9-3/h14H,7-13H2,1-6H3. The van der Waals surface area contributed by atoms with Gasteiger partial charge in [0.2, 0.25) is 0 Å². The molecule has 0 saturated carbocycles. The summed E-state index contributed by atoms with van der Waals surface area (Å²) in [6.07, 6.45) is 6.92.